The standard InChI is InChI=1S/C13H16O2/c1-3-4-12(14)8-5-11-6-9-13(15-2)10-7-11/h5-10H,3-4H2,1-2H3. The second-order valence-corrected chi connectivity index (χ2v) is 3.32. The average Bonchev–Trinajstić information content (AvgIpc) is 2.27. The molecule has 0 atom stereocenters. The normalized spacial score (nSPS) is 10.5. The van der Waals surface area contributed by atoms with E-state index in [1.807, 2.05) is 37.3 Å². The first-order valence-corrected chi connectivity index (χ1v) is 5.11. The summed E-state index contributed by atoms with van der Waals surface area (Å²) >= 11 is 0. The molecule has 1 aromatic carbocycles. The molecule has 1 aromatic rings. The van der Waals surface area contributed by atoms with E-state index in [9.17, 15) is 4.79 Å². The Labute approximate surface area is 90.6 Å². The Morgan fingerprint density at radius 2 is 2.00 bits per heavy atom. The van der Waals surface area contributed by atoms with E-state index in [4.69, 9.17) is 4.74 Å². The molecule has 0 spiro atoms. The number of hydrogen-bond donors (Lipinski definition) is 0. The molecular formula is C13H16O2. The van der Waals surface area contributed by atoms with Crippen molar-refractivity contribution in [3.05, 3.63) is 35.9 Å². The van der Waals surface area contributed by atoms with Gasteiger partial charge in [-0.2, -0.15) is 0 Å². The summed E-state index contributed by atoms with van der Waals surface area (Å²) in [5, 5.41) is 0. The van der Waals surface area contributed by atoms with Gasteiger partial charge in [0.15, 0.2) is 5.78 Å². The lowest BCUT2D eigenvalue weighted by Gasteiger charge is -1.98. The van der Waals surface area contributed by atoms with Crippen LogP contribution in [-0.4, -0.2) is 12.9 Å². The van der Waals surface area contributed by atoms with Crippen molar-refractivity contribution in [1.29, 1.82) is 0 Å². The third kappa shape index (κ3) is 3.98. The largest absolute Gasteiger partial charge is 0.497 e. The van der Waals surface area contributed by atoms with Crippen LogP contribution in [0.15, 0.2) is 30.3 Å². The average molecular weight is 204 g/mol. The van der Waals surface area contributed by atoms with Crippen LogP contribution in [0.2, 0.25) is 0 Å². The molecule has 0 unspecified atom stereocenters. The van der Waals surface area contributed by atoms with Gasteiger partial charge in [0, 0.05) is 6.42 Å². The second kappa shape index (κ2) is 6.02. The van der Waals surface area contributed by atoms with Crippen molar-refractivity contribution < 1.29 is 9.53 Å². The monoisotopic (exact) mass is 204 g/mol. The van der Waals surface area contributed by atoms with Gasteiger partial charge in [0.1, 0.15) is 5.75 Å². The molecule has 80 valence electrons. The summed E-state index contributed by atoms with van der Waals surface area (Å²) in [5.41, 5.74) is 1.01. The van der Waals surface area contributed by atoms with E-state index >= 15 is 0 Å². The molecule has 0 saturated carbocycles. The summed E-state index contributed by atoms with van der Waals surface area (Å²) in [7, 11) is 1.63. The third-order valence-electron chi connectivity index (χ3n) is 2.07. The number of carbonyl (C=O) groups excluding carboxylic acids is 1. The van der Waals surface area contributed by atoms with Crippen molar-refractivity contribution >= 4 is 11.9 Å². The van der Waals surface area contributed by atoms with Crippen molar-refractivity contribution in [2.75, 3.05) is 7.11 Å². The summed E-state index contributed by atoms with van der Waals surface area (Å²) in [6.07, 6.45) is 4.97. The molecule has 2 nitrogen and oxygen atoms in total. The molecule has 0 radical (unpaired) electrons. The predicted octanol–water partition coefficient (Wildman–Crippen LogP) is 3.08. The topological polar surface area (TPSA) is 26.3 Å². The van der Waals surface area contributed by atoms with Gasteiger partial charge in [-0.3, -0.25) is 4.79 Å². The van der Waals surface area contributed by atoms with Crippen molar-refractivity contribution in [2.45, 2.75) is 19.8 Å². The molecule has 1 rings (SSSR count). The maximum Gasteiger partial charge on any atom is 0.155 e. The zero-order valence-corrected chi connectivity index (χ0v) is 9.19. The first-order valence-electron chi connectivity index (χ1n) is 5.11. The molecule has 0 bridgehead atoms. The van der Waals surface area contributed by atoms with Crippen LogP contribution in [0.25, 0.3) is 6.08 Å². The van der Waals surface area contributed by atoms with E-state index in [1.54, 1.807) is 13.2 Å². The van der Waals surface area contributed by atoms with Gasteiger partial charge in [0.2, 0.25) is 0 Å². The van der Waals surface area contributed by atoms with Gasteiger partial charge in [-0.15, -0.1) is 0 Å². The van der Waals surface area contributed by atoms with Crippen LogP contribution < -0.4 is 4.74 Å². The lowest BCUT2D eigenvalue weighted by Crippen LogP contribution is -1.89. The summed E-state index contributed by atoms with van der Waals surface area (Å²) in [5.74, 6) is 1.00. The Kier molecular flexibility index (Phi) is 4.61. The highest BCUT2D eigenvalue weighted by Crippen LogP contribution is 2.12. The number of benzene rings is 1. The van der Waals surface area contributed by atoms with Gasteiger partial charge in [0.05, 0.1) is 7.11 Å². The number of methoxy groups -OCH3 is 1. The SMILES string of the molecule is CCCC(=O)C=Cc1ccc(OC)cc1. The molecule has 0 fully saturated rings. The predicted molar refractivity (Wildman–Crippen MR) is 61.9 cm³/mol. The molecule has 0 aliphatic heterocycles. The summed E-state index contributed by atoms with van der Waals surface area (Å²) in [6, 6.07) is 7.61. The fraction of sp³-hybridized carbons (Fsp3) is 0.308. The lowest BCUT2D eigenvalue weighted by molar-refractivity contribution is -0.114. The summed E-state index contributed by atoms with van der Waals surface area (Å²) in [6.45, 7) is 2.00. The van der Waals surface area contributed by atoms with Crippen LogP contribution in [0.3, 0.4) is 0 Å². The number of hydrogen-bond acceptors (Lipinski definition) is 2. The Hall–Kier alpha value is -1.57. The highest BCUT2D eigenvalue weighted by molar-refractivity contribution is 5.93. The fourth-order valence-corrected chi connectivity index (χ4v) is 1.23. The van der Waals surface area contributed by atoms with Crippen LogP contribution in [-0.2, 0) is 4.79 Å². The van der Waals surface area contributed by atoms with E-state index in [-0.39, 0.29) is 5.78 Å². The molecule has 0 aliphatic rings. The second-order valence-electron chi connectivity index (χ2n) is 3.32. The maximum absolute atomic E-state index is 11.2. The molecule has 0 aliphatic carbocycles. The minimum Gasteiger partial charge on any atom is -0.497 e. The van der Waals surface area contributed by atoms with Crippen molar-refractivity contribution in [3.8, 4) is 5.75 Å². The maximum atomic E-state index is 11.2. The van der Waals surface area contributed by atoms with E-state index in [0.717, 1.165) is 17.7 Å². The molecule has 0 saturated heterocycles. The molecule has 2 heteroatoms. The number of carbonyl (C=O) groups is 1. The molecule has 0 N–H and O–H groups in total. The highest BCUT2D eigenvalue weighted by atomic mass is 16.5. The Morgan fingerprint density at radius 3 is 2.53 bits per heavy atom. The fourth-order valence-electron chi connectivity index (χ4n) is 1.23. The number of rotatable bonds is 5. The minimum absolute atomic E-state index is 0.174. The Balaban J connectivity index is 2.60. The van der Waals surface area contributed by atoms with E-state index in [0.29, 0.717) is 6.42 Å². The van der Waals surface area contributed by atoms with Gasteiger partial charge in [0.25, 0.3) is 0 Å². The van der Waals surface area contributed by atoms with Crippen molar-refractivity contribution in [1.82, 2.24) is 0 Å². The molecule has 0 aromatic heterocycles. The number of ketones is 1. The lowest BCUT2D eigenvalue weighted by atomic mass is 10.1. The minimum atomic E-state index is 0.174. The zero-order valence-electron chi connectivity index (χ0n) is 9.19. The van der Waals surface area contributed by atoms with Crippen LogP contribution in [0.1, 0.15) is 25.3 Å². The number of ether oxygens (including phenoxy) is 1. The third-order valence-corrected chi connectivity index (χ3v) is 2.07. The molecular weight excluding hydrogens is 188 g/mol. The van der Waals surface area contributed by atoms with Crippen LogP contribution in [0, 0.1) is 0 Å². The molecule has 0 amide bonds. The van der Waals surface area contributed by atoms with Crippen LogP contribution >= 0.6 is 0 Å². The summed E-state index contributed by atoms with van der Waals surface area (Å²) < 4.78 is 5.04. The van der Waals surface area contributed by atoms with Crippen LogP contribution in [0.5, 0.6) is 5.75 Å². The molecule has 0 heterocycles. The Morgan fingerprint density at radius 1 is 1.33 bits per heavy atom. The summed E-state index contributed by atoms with van der Waals surface area (Å²) in [4.78, 5) is 11.2. The van der Waals surface area contributed by atoms with Gasteiger partial charge in [-0.05, 0) is 30.2 Å². The first-order chi connectivity index (χ1) is 7.26. The van der Waals surface area contributed by atoms with Crippen LogP contribution in [0.4, 0.5) is 0 Å². The van der Waals surface area contributed by atoms with Gasteiger partial charge in [-0.1, -0.05) is 25.1 Å². The van der Waals surface area contributed by atoms with Gasteiger partial charge in [-0.25, -0.2) is 0 Å². The van der Waals surface area contributed by atoms with Crippen molar-refractivity contribution in [2.24, 2.45) is 0 Å². The van der Waals surface area contributed by atoms with Gasteiger partial charge < -0.3 is 4.74 Å². The molecule has 15 heavy (non-hydrogen) atoms. The van der Waals surface area contributed by atoms with Crippen molar-refractivity contribution in [3.63, 3.8) is 0 Å². The highest BCUT2D eigenvalue weighted by Gasteiger charge is 1.94. The van der Waals surface area contributed by atoms with E-state index in [2.05, 4.69) is 0 Å². The first kappa shape index (κ1) is 11.5. The Bertz CT molecular complexity index is 336. The zero-order chi connectivity index (χ0) is 11.1. The quantitative estimate of drug-likeness (QED) is 0.689. The smallest absolute Gasteiger partial charge is 0.155 e. The number of allylic oxidation sites excluding steroid dienone is 1. The van der Waals surface area contributed by atoms with E-state index in [1.165, 1.54) is 0 Å². The van der Waals surface area contributed by atoms with E-state index < -0.39 is 0 Å². The van der Waals surface area contributed by atoms with Gasteiger partial charge >= 0.3 is 0 Å².